The molecule has 1 aromatic carbocycles. The topological polar surface area (TPSA) is 130 Å². The Kier molecular flexibility index (Phi) is 9.75. The number of rotatable bonds is 13. The number of nitrogens with two attached hydrogens (primary N) is 1. The first-order valence-corrected chi connectivity index (χ1v) is 12.2. The highest BCUT2D eigenvalue weighted by Crippen LogP contribution is 2.36. The number of fused-ring (bicyclic) bond motifs is 1. The molecule has 6 N–H and O–H groups in total. The predicted molar refractivity (Wildman–Crippen MR) is 131 cm³/mol. The van der Waals surface area contributed by atoms with Crippen LogP contribution >= 0.6 is 0 Å². The minimum atomic E-state index is -0.0440. The Morgan fingerprint density at radius 1 is 1.29 bits per heavy atom. The fraction of sp³-hybridized carbons (Fsp3) is 0.560. The number of Topliss-reactive ketones (excluding diaryl/α,β-unsaturated/α-hetero) is 2. The maximum absolute atomic E-state index is 12.4. The van der Waals surface area contributed by atoms with Crippen LogP contribution < -0.4 is 26.0 Å². The first-order chi connectivity index (χ1) is 16.5. The monoisotopic (exact) mass is 472 g/mol. The number of phenols is 1. The van der Waals surface area contributed by atoms with E-state index in [0.717, 1.165) is 50.0 Å². The van der Waals surface area contributed by atoms with E-state index in [1.165, 1.54) is 4.90 Å². The number of nitrogens with one attached hydrogen (secondary N) is 3. The van der Waals surface area contributed by atoms with Crippen LogP contribution in [-0.4, -0.2) is 55.5 Å². The fourth-order valence-corrected chi connectivity index (χ4v) is 4.48. The molecule has 0 amide bonds. The highest BCUT2D eigenvalue weighted by atomic mass is 16.5. The van der Waals surface area contributed by atoms with Crippen LogP contribution in [0.4, 0.5) is 0 Å². The van der Waals surface area contributed by atoms with Crippen LogP contribution in [0.15, 0.2) is 29.5 Å². The van der Waals surface area contributed by atoms with Crippen LogP contribution in [0, 0.1) is 0 Å². The Hall–Kier alpha value is -3.07. The Balaban J connectivity index is 1.40. The van der Waals surface area contributed by atoms with Crippen LogP contribution in [0.1, 0.15) is 56.1 Å². The van der Waals surface area contributed by atoms with Crippen molar-refractivity contribution in [2.24, 2.45) is 10.7 Å². The maximum Gasteiger partial charge on any atom is 0.188 e. The summed E-state index contributed by atoms with van der Waals surface area (Å²) in [6.45, 7) is 2.43. The van der Waals surface area contributed by atoms with E-state index in [1.54, 1.807) is 13.1 Å². The third kappa shape index (κ3) is 7.76. The van der Waals surface area contributed by atoms with Crippen molar-refractivity contribution in [1.29, 1.82) is 0 Å². The largest absolute Gasteiger partial charge is 0.504 e. The zero-order valence-electron chi connectivity index (χ0n) is 20.1. The summed E-state index contributed by atoms with van der Waals surface area (Å²) < 4.78 is 5.59. The number of aryl methyl sites for hydroxylation is 1. The number of hydrogen-bond acceptors (Lipinski definition) is 6. The molecule has 2 atom stereocenters. The second-order valence-electron chi connectivity index (χ2n) is 9.01. The Labute approximate surface area is 201 Å². The van der Waals surface area contributed by atoms with E-state index in [2.05, 4.69) is 21.8 Å². The molecule has 9 nitrogen and oxygen atoms in total. The third-order valence-electron chi connectivity index (χ3n) is 6.40. The van der Waals surface area contributed by atoms with Gasteiger partial charge in [0.25, 0.3) is 0 Å². The zero-order chi connectivity index (χ0) is 24.3. The Morgan fingerprint density at radius 2 is 2.12 bits per heavy atom. The van der Waals surface area contributed by atoms with E-state index < -0.39 is 0 Å². The molecule has 0 radical (unpaired) electrons. The van der Waals surface area contributed by atoms with Gasteiger partial charge in [0.2, 0.25) is 0 Å². The molecule has 2 aliphatic heterocycles. The second kappa shape index (κ2) is 13.0. The molecule has 2 unspecified atom stereocenters. The molecule has 0 aliphatic carbocycles. The lowest BCUT2D eigenvalue weighted by molar-refractivity contribution is -0.843. The number of aromatic hydroxyl groups is 1. The maximum atomic E-state index is 12.4. The lowest BCUT2D eigenvalue weighted by Gasteiger charge is -2.21. The van der Waals surface area contributed by atoms with Gasteiger partial charge in [-0.15, -0.1) is 0 Å². The van der Waals surface area contributed by atoms with Gasteiger partial charge >= 0.3 is 0 Å². The van der Waals surface area contributed by atoms with Crippen LogP contribution in [0.3, 0.4) is 0 Å². The van der Waals surface area contributed by atoms with Crippen LogP contribution in [0.25, 0.3) is 0 Å². The summed E-state index contributed by atoms with van der Waals surface area (Å²) in [6.07, 6.45) is 9.42. The molecule has 0 fully saturated rings. The van der Waals surface area contributed by atoms with Crippen LogP contribution in [-0.2, 0) is 22.4 Å². The molecule has 9 heteroatoms. The first-order valence-electron chi connectivity index (χ1n) is 12.2. The predicted octanol–water partition coefficient (Wildman–Crippen LogP) is 0.558. The number of ether oxygens (including phenoxy) is 1. The van der Waals surface area contributed by atoms with Crippen molar-refractivity contribution >= 4 is 17.5 Å². The molecule has 2 aliphatic rings. The minimum absolute atomic E-state index is 0.0192. The second-order valence-corrected chi connectivity index (χ2v) is 9.01. The molecular weight excluding hydrogens is 434 g/mol. The molecular formula is C25H38N5O4+. The fourth-order valence-electron chi connectivity index (χ4n) is 4.48. The summed E-state index contributed by atoms with van der Waals surface area (Å²) in [5.41, 5.74) is 7.86. The van der Waals surface area contributed by atoms with E-state index in [4.69, 9.17) is 10.5 Å². The molecule has 1 aromatic rings. The third-order valence-corrected chi connectivity index (χ3v) is 6.40. The van der Waals surface area contributed by atoms with Crippen molar-refractivity contribution < 1.29 is 24.3 Å². The van der Waals surface area contributed by atoms with Crippen molar-refractivity contribution in [3.05, 3.63) is 35.7 Å². The summed E-state index contributed by atoms with van der Waals surface area (Å²) in [7, 11) is 1.65. The van der Waals surface area contributed by atoms with E-state index in [0.29, 0.717) is 44.0 Å². The molecule has 0 aromatic heterocycles. The molecule has 0 spiro atoms. The van der Waals surface area contributed by atoms with Crippen molar-refractivity contribution in [3.8, 4) is 11.5 Å². The average molecular weight is 473 g/mol. The van der Waals surface area contributed by atoms with Gasteiger partial charge < -0.3 is 26.2 Å². The van der Waals surface area contributed by atoms with Gasteiger partial charge in [-0.2, -0.15) is 0 Å². The molecule has 186 valence electrons. The summed E-state index contributed by atoms with van der Waals surface area (Å²) >= 11 is 0. The summed E-state index contributed by atoms with van der Waals surface area (Å²) in [4.78, 5) is 30.2. The standard InChI is InChI=1S/C25H37N5O4/c1-27-25(26)29-19(11-13-30-14-12-28-17-30)4-2-5-20(31)16-21(32)9-7-18-8-10-23(33)24-22(18)6-3-15-34-24/h8,10,12,14,19,28,33H,2-7,9,11,13,15-17H2,1H3,(H3,26,27,29)/p+1. The van der Waals surface area contributed by atoms with E-state index >= 15 is 0 Å². The van der Waals surface area contributed by atoms with Gasteiger partial charge in [0.15, 0.2) is 24.1 Å². The number of aliphatic imine (C=N–C) groups is 1. The van der Waals surface area contributed by atoms with Gasteiger partial charge in [0.05, 0.1) is 25.8 Å². The zero-order valence-corrected chi connectivity index (χ0v) is 20.1. The summed E-state index contributed by atoms with van der Waals surface area (Å²) in [6, 6.07) is 3.61. The molecule has 34 heavy (non-hydrogen) atoms. The molecule has 0 saturated carbocycles. The number of carbonyl (C=O) groups is 2. The smallest absolute Gasteiger partial charge is 0.188 e. The van der Waals surface area contributed by atoms with Crippen molar-refractivity contribution in [3.63, 3.8) is 0 Å². The summed E-state index contributed by atoms with van der Waals surface area (Å²) in [5, 5.41) is 16.4. The lowest BCUT2D eigenvalue weighted by atomic mass is 9.94. The lowest BCUT2D eigenvalue weighted by Crippen LogP contribution is -3.07. The molecule has 2 heterocycles. The average Bonchev–Trinajstić information content (AvgIpc) is 3.36. The number of phenolic OH excluding ortho intramolecular Hbond substituents is 1. The SMILES string of the molecule is CN=C(N)NC(CCCC(=O)CC(=O)CCc1ccc(O)c2c1CCCO2)CC[NH+]1C=CNC1. The Morgan fingerprint density at radius 3 is 2.88 bits per heavy atom. The van der Waals surface area contributed by atoms with Gasteiger partial charge in [-0.25, -0.2) is 0 Å². The highest BCUT2D eigenvalue weighted by molar-refractivity contribution is 5.99. The van der Waals surface area contributed by atoms with Crippen molar-refractivity contribution in [2.75, 3.05) is 26.9 Å². The van der Waals surface area contributed by atoms with E-state index in [1.807, 2.05) is 12.3 Å². The van der Waals surface area contributed by atoms with Gasteiger partial charge in [0, 0.05) is 37.9 Å². The quantitative estimate of drug-likeness (QED) is 0.161. The number of ketones is 2. The van der Waals surface area contributed by atoms with Crippen LogP contribution in [0.2, 0.25) is 0 Å². The highest BCUT2D eigenvalue weighted by Gasteiger charge is 2.20. The Bertz CT molecular complexity index is 915. The first kappa shape index (κ1) is 25.6. The number of quaternary nitrogens is 1. The summed E-state index contributed by atoms with van der Waals surface area (Å²) in [5.74, 6) is 1.03. The van der Waals surface area contributed by atoms with Gasteiger partial charge in [-0.05, 0) is 43.7 Å². The molecule has 0 saturated heterocycles. The van der Waals surface area contributed by atoms with Crippen molar-refractivity contribution in [1.82, 2.24) is 10.6 Å². The van der Waals surface area contributed by atoms with Crippen LogP contribution in [0.5, 0.6) is 11.5 Å². The number of hydrogen-bond donors (Lipinski definition) is 5. The van der Waals surface area contributed by atoms with E-state index in [9.17, 15) is 14.7 Å². The molecule has 3 rings (SSSR count). The molecule has 0 bridgehead atoms. The van der Waals surface area contributed by atoms with Gasteiger partial charge in [-0.1, -0.05) is 6.07 Å². The van der Waals surface area contributed by atoms with Gasteiger partial charge in [-0.3, -0.25) is 19.5 Å². The van der Waals surface area contributed by atoms with E-state index in [-0.39, 0.29) is 29.8 Å². The number of guanidine groups is 1. The number of benzene rings is 1. The van der Waals surface area contributed by atoms with Gasteiger partial charge in [0.1, 0.15) is 17.8 Å². The normalized spacial score (nSPS) is 18.0. The minimum Gasteiger partial charge on any atom is -0.504 e. The van der Waals surface area contributed by atoms with Crippen molar-refractivity contribution in [2.45, 2.75) is 63.8 Å². The number of carbonyl (C=O) groups excluding carboxylic acids is 2. The number of nitrogens with zero attached hydrogens (tertiary/aromatic N) is 1.